The van der Waals surface area contributed by atoms with E-state index in [2.05, 4.69) is 36.4 Å². The Hall–Kier alpha value is -3.28. The van der Waals surface area contributed by atoms with Gasteiger partial charge in [0.05, 0.1) is 19.3 Å². The third-order valence-corrected chi connectivity index (χ3v) is 6.49. The largest absolute Gasteiger partial charge is 0.371 e. The summed E-state index contributed by atoms with van der Waals surface area (Å²) < 4.78 is 18.9. The minimum absolute atomic E-state index is 0.259. The van der Waals surface area contributed by atoms with Gasteiger partial charge in [-0.1, -0.05) is 121 Å². The van der Waals surface area contributed by atoms with Crippen molar-refractivity contribution >= 4 is 0 Å². The van der Waals surface area contributed by atoms with Crippen molar-refractivity contribution in [3.8, 4) is 0 Å². The highest BCUT2D eigenvalue weighted by molar-refractivity contribution is 5.47. The van der Waals surface area contributed by atoms with Crippen molar-refractivity contribution in [2.45, 2.75) is 37.1 Å². The molecule has 0 aromatic heterocycles. The third kappa shape index (κ3) is 5.21. The Kier molecular flexibility index (Phi) is 7.36. The molecule has 4 aromatic carbocycles. The van der Waals surface area contributed by atoms with Crippen LogP contribution in [0.5, 0.6) is 0 Å². The molecule has 4 heteroatoms. The Morgan fingerprint density at radius 1 is 0.686 bits per heavy atom. The second-order valence-corrected chi connectivity index (χ2v) is 8.79. The molecule has 0 radical (unpaired) electrons. The first-order valence-electron chi connectivity index (χ1n) is 12.1. The fourth-order valence-electron chi connectivity index (χ4n) is 4.77. The average molecular weight is 467 g/mol. The molecule has 35 heavy (non-hydrogen) atoms. The lowest BCUT2D eigenvalue weighted by atomic mass is 9.80. The fraction of sp³-hybridized carbons (Fsp3) is 0.226. The molecule has 3 atom stereocenters. The van der Waals surface area contributed by atoms with Crippen LogP contribution in [0.1, 0.15) is 28.7 Å². The van der Waals surface area contributed by atoms with Gasteiger partial charge in [0.1, 0.15) is 11.7 Å². The smallest absolute Gasteiger partial charge is 0.157 e. The molecule has 1 heterocycles. The molecular formula is C31H30O4. The van der Waals surface area contributed by atoms with E-state index in [0.29, 0.717) is 13.0 Å². The Morgan fingerprint density at radius 3 is 1.63 bits per heavy atom. The van der Waals surface area contributed by atoms with Crippen molar-refractivity contribution in [1.82, 2.24) is 0 Å². The van der Waals surface area contributed by atoms with E-state index in [4.69, 9.17) is 14.2 Å². The molecule has 5 rings (SSSR count). The first kappa shape index (κ1) is 23.5. The molecule has 0 bridgehead atoms. The highest BCUT2D eigenvalue weighted by Gasteiger charge is 2.41. The van der Waals surface area contributed by atoms with Crippen LogP contribution in [0, 0.1) is 0 Å². The average Bonchev–Trinajstić information content (AvgIpc) is 3.29. The fourth-order valence-corrected chi connectivity index (χ4v) is 4.77. The van der Waals surface area contributed by atoms with Gasteiger partial charge in [-0.2, -0.15) is 0 Å². The molecule has 0 aliphatic carbocycles. The molecule has 1 saturated heterocycles. The zero-order valence-corrected chi connectivity index (χ0v) is 19.6. The lowest BCUT2D eigenvalue weighted by molar-refractivity contribution is -0.136. The molecule has 1 aliphatic heterocycles. The summed E-state index contributed by atoms with van der Waals surface area (Å²) in [4.78, 5) is 0. The summed E-state index contributed by atoms with van der Waals surface area (Å²) in [5, 5.41) is 10.3. The van der Waals surface area contributed by atoms with E-state index in [1.807, 2.05) is 84.9 Å². The number of benzene rings is 4. The van der Waals surface area contributed by atoms with Crippen LogP contribution in [0.15, 0.2) is 121 Å². The second-order valence-electron chi connectivity index (χ2n) is 8.79. The van der Waals surface area contributed by atoms with E-state index in [1.54, 1.807) is 0 Å². The summed E-state index contributed by atoms with van der Waals surface area (Å²) in [6.07, 6.45) is -1.13. The summed E-state index contributed by atoms with van der Waals surface area (Å²) in [5.74, 6) is 0. The number of aliphatic hydroxyl groups is 1. The first-order valence-corrected chi connectivity index (χ1v) is 12.1. The summed E-state index contributed by atoms with van der Waals surface area (Å²) in [7, 11) is 0. The van der Waals surface area contributed by atoms with Gasteiger partial charge in [0.15, 0.2) is 6.29 Å². The van der Waals surface area contributed by atoms with Crippen LogP contribution in [0.3, 0.4) is 0 Å². The summed E-state index contributed by atoms with van der Waals surface area (Å²) >= 11 is 0. The summed E-state index contributed by atoms with van der Waals surface area (Å²) in [5.41, 5.74) is 3.32. The van der Waals surface area contributed by atoms with Crippen LogP contribution in [0.4, 0.5) is 0 Å². The predicted octanol–water partition coefficient (Wildman–Crippen LogP) is 5.69. The molecule has 1 fully saturated rings. The minimum atomic E-state index is -0.871. The lowest BCUT2D eigenvalue weighted by Gasteiger charge is -2.37. The molecule has 4 aromatic rings. The van der Waals surface area contributed by atoms with Crippen molar-refractivity contribution in [2.24, 2.45) is 0 Å². The van der Waals surface area contributed by atoms with Crippen LogP contribution in [-0.4, -0.2) is 30.2 Å². The highest BCUT2D eigenvalue weighted by atomic mass is 16.6. The van der Waals surface area contributed by atoms with E-state index < -0.39 is 18.0 Å². The third-order valence-electron chi connectivity index (χ3n) is 6.49. The number of hydrogen-bond donors (Lipinski definition) is 1. The molecule has 0 spiro atoms. The zero-order valence-electron chi connectivity index (χ0n) is 19.6. The van der Waals surface area contributed by atoms with Crippen molar-refractivity contribution in [3.05, 3.63) is 144 Å². The normalized spacial score (nSPS) is 20.1. The standard InChI is InChI=1S/C31H30O4/c32-30-21-28(33-22-24-13-5-1-6-14-24)29(35-30)23-34-31(25-15-7-2-8-16-25,26-17-9-3-10-18-26)27-19-11-4-12-20-27/h1-20,28-30,32H,21-23H2/t28-,29-,30?/m0/s1. The summed E-state index contributed by atoms with van der Waals surface area (Å²) in [6, 6.07) is 40.8. The van der Waals surface area contributed by atoms with Crippen LogP contribution >= 0.6 is 0 Å². The molecular weight excluding hydrogens is 436 g/mol. The first-order chi connectivity index (χ1) is 17.3. The van der Waals surface area contributed by atoms with Gasteiger partial charge in [-0.15, -0.1) is 0 Å². The van der Waals surface area contributed by atoms with Gasteiger partial charge in [0.25, 0.3) is 0 Å². The zero-order chi connectivity index (χ0) is 23.9. The van der Waals surface area contributed by atoms with Crippen molar-refractivity contribution in [1.29, 1.82) is 0 Å². The van der Waals surface area contributed by atoms with Gasteiger partial charge < -0.3 is 19.3 Å². The Bertz CT molecular complexity index is 1070. The van der Waals surface area contributed by atoms with Gasteiger partial charge in [0, 0.05) is 6.42 Å². The van der Waals surface area contributed by atoms with Crippen molar-refractivity contribution < 1.29 is 19.3 Å². The van der Waals surface area contributed by atoms with E-state index in [0.717, 1.165) is 22.3 Å². The molecule has 178 valence electrons. The van der Waals surface area contributed by atoms with E-state index in [-0.39, 0.29) is 12.7 Å². The van der Waals surface area contributed by atoms with Crippen LogP contribution in [0.2, 0.25) is 0 Å². The molecule has 4 nitrogen and oxygen atoms in total. The number of rotatable bonds is 9. The second kappa shape index (κ2) is 11.0. The molecule has 1 unspecified atom stereocenters. The number of ether oxygens (including phenoxy) is 3. The van der Waals surface area contributed by atoms with Crippen LogP contribution in [-0.2, 0) is 26.4 Å². The Morgan fingerprint density at radius 2 is 1.14 bits per heavy atom. The van der Waals surface area contributed by atoms with Gasteiger partial charge in [-0.3, -0.25) is 0 Å². The maximum atomic E-state index is 10.3. The summed E-state index contributed by atoms with van der Waals surface area (Å²) in [6.45, 7) is 0.717. The predicted molar refractivity (Wildman–Crippen MR) is 136 cm³/mol. The molecule has 0 saturated carbocycles. The minimum Gasteiger partial charge on any atom is -0.371 e. The lowest BCUT2D eigenvalue weighted by Crippen LogP contribution is -2.38. The van der Waals surface area contributed by atoms with Crippen molar-refractivity contribution in [3.63, 3.8) is 0 Å². The van der Waals surface area contributed by atoms with Gasteiger partial charge in [0.2, 0.25) is 0 Å². The number of aliphatic hydroxyl groups excluding tert-OH is 1. The van der Waals surface area contributed by atoms with Gasteiger partial charge in [-0.05, 0) is 22.3 Å². The molecule has 1 aliphatic rings. The highest BCUT2D eigenvalue weighted by Crippen LogP contribution is 2.41. The quantitative estimate of drug-likeness (QED) is 0.322. The topological polar surface area (TPSA) is 47.9 Å². The van der Waals surface area contributed by atoms with Crippen LogP contribution < -0.4 is 0 Å². The van der Waals surface area contributed by atoms with Gasteiger partial charge in [-0.25, -0.2) is 0 Å². The maximum Gasteiger partial charge on any atom is 0.157 e. The maximum absolute atomic E-state index is 10.3. The van der Waals surface area contributed by atoms with E-state index >= 15 is 0 Å². The molecule has 0 amide bonds. The van der Waals surface area contributed by atoms with Gasteiger partial charge >= 0.3 is 0 Å². The number of hydrogen-bond acceptors (Lipinski definition) is 4. The monoisotopic (exact) mass is 466 g/mol. The van der Waals surface area contributed by atoms with E-state index in [9.17, 15) is 5.11 Å². The van der Waals surface area contributed by atoms with Crippen LogP contribution in [0.25, 0.3) is 0 Å². The Balaban J connectivity index is 1.46. The molecule has 1 N–H and O–H groups in total. The Labute approximate surface area is 206 Å². The van der Waals surface area contributed by atoms with E-state index in [1.165, 1.54) is 0 Å². The van der Waals surface area contributed by atoms with Crippen molar-refractivity contribution in [2.75, 3.05) is 6.61 Å². The SMILES string of the molecule is OC1C[C@H](OCc2ccccc2)[C@H](COC(c2ccccc2)(c2ccccc2)c2ccccc2)O1.